The van der Waals surface area contributed by atoms with E-state index in [9.17, 15) is 9.59 Å². The van der Waals surface area contributed by atoms with Crippen LogP contribution in [-0.4, -0.2) is 30.0 Å². The van der Waals surface area contributed by atoms with Crippen LogP contribution >= 0.6 is 0 Å². The van der Waals surface area contributed by atoms with Gasteiger partial charge in [0.05, 0.1) is 0 Å². The van der Waals surface area contributed by atoms with Gasteiger partial charge in [0.2, 0.25) is 5.90 Å². The molecule has 0 N–H and O–H groups in total. The monoisotopic (exact) mass is 259 g/mol. The van der Waals surface area contributed by atoms with Crippen molar-refractivity contribution >= 4 is 17.8 Å². The van der Waals surface area contributed by atoms with Gasteiger partial charge in [0.25, 0.3) is 5.54 Å². The maximum atomic E-state index is 11.8. The van der Waals surface area contributed by atoms with Gasteiger partial charge >= 0.3 is 11.9 Å². The number of carbonyl (C=O) groups excluding carboxylic acids is 2. The van der Waals surface area contributed by atoms with Crippen LogP contribution in [0.3, 0.4) is 0 Å². The van der Waals surface area contributed by atoms with Crippen LogP contribution in [0.2, 0.25) is 0 Å². The van der Waals surface area contributed by atoms with E-state index in [1.165, 1.54) is 13.0 Å². The topological polar surface area (TPSA) is 65.0 Å². The van der Waals surface area contributed by atoms with Crippen LogP contribution < -0.4 is 0 Å². The van der Waals surface area contributed by atoms with Gasteiger partial charge in [0.1, 0.15) is 6.61 Å². The minimum atomic E-state index is -1.64. The number of rotatable bonds is 4. The lowest BCUT2D eigenvalue weighted by Crippen LogP contribution is -2.40. The molecular weight excluding hydrogens is 246 g/mol. The predicted octanol–water partition coefficient (Wildman–Crippen LogP) is 1.48. The molecule has 0 unspecified atom stereocenters. The average molecular weight is 259 g/mol. The zero-order valence-corrected chi connectivity index (χ0v) is 10.5. The third-order valence-corrected chi connectivity index (χ3v) is 2.66. The number of esters is 2. The van der Waals surface area contributed by atoms with Gasteiger partial charge in [-0.15, -0.1) is 0 Å². The smallest absolute Gasteiger partial charge is 0.352 e. The largest absolute Gasteiger partial charge is 0.459 e. The number of carbonyl (C=O) groups is 2. The quantitative estimate of drug-likeness (QED) is 0.466. The van der Waals surface area contributed by atoms with E-state index < -0.39 is 17.5 Å². The highest BCUT2D eigenvalue weighted by Gasteiger charge is 2.50. The minimum Gasteiger partial charge on any atom is -0.459 e. The Kier molecular flexibility index (Phi) is 3.46. The first kappa shape index (κ1) is 13.0. The summed E-state index contributed by atoms with van der Waals surface area (Å²) in [6, 6.07) is 8.90. The van der Waals surface area contributed by atoms with Crippen molar-refractivity contribution in [1.82, 2.24) is 0 Å². The van der Waals surface area contributed by atoms with E-state index in [2.05, 4.69) is 11.6 Å². The summed E-state index contributed by atoms with van der Waals surface area (Å²) in [5, 5.41) is 0. The molecule has 5 heteroatoms. The molecule has 2 rings (SSSR count). The molecule has 1 aliphatic rings. The minimum absolute atomic E-state index is 0.0257. The molecule has 0 amide bonds. The molecule has 0 saturated carbocycles. The summed E-state index contributed by atoms with van der Waals surface area (Å²) in [5.74, 6) is -1.35. The lowest BCUT2D eigenvalue weighted by atomic mass is 10.1. The molecular formula is C14H13NO4. The van der Waals surface area contributed by atoms with Crippen molar-refractivity contribution in [3.05, 3.63) is 48.6 Å². The molecule has 0 saturated heterocycles. The number of cyclic esters (lactones) is 1. The number of aliphatic imine (C=N–C) groups is 1. The SMILES string of the molecule is C=CCOC(=O)[C@@]1(C)N=C(c2ccccc2)OC1=O. The zero-order valence-electron chi connectivity index (χ0n) is 10.5. The summed E-state index contributed by atoms with van der Waals surface area (Å²) < 4.78 is 9.92. The molecule has 0 aliphatic carbocycles. The zero-order chi connectivity index (χ0) is 13.9. The van der Waals surface area contributed by atoms with E-state index in [-0.39, 0.29) is 12.5 Å². The van der Waals surface area contributed by atoms with E-state index in [4.69, 9.17) is 9.47 Å². The second-order valence-corrected chi connectivity index (χ2v) is 4.13. The van der Waals surface area contributed by atoms with E-state index in [0.717, 1.165) is 0 Å². The normalized spacial score (nSPS) is 21.5. The first-order valence-electron chi connectivity index (χ1n) is 5.73. The van der Waals surface area contributed by atoms with Crippen LogP contribution in [0.4, 0.5) is 0 Å². The Morgan fingerprint density at radius 1 is 1.47 bits per heavy atom. The van der Waals surface area contributed by atoms with Gasteiger partial charge in [-0.25, -0.2) is 14.6 Å². The Hall–Kier alpha value is -2.43. The maximum absolute atomic E-state index is 11.8. The molecule has 0 radical (unpaired) electrons. The van der Waals surface area contributed by atoms with Gasteiger partial charge in [-0.3, -0.25) is 0 Å². The Bertz CT molecular complexity index is 550. The van der Waals surface area contributed by atoms with Crippen LogP contribution in [0.1, 0.15) is 12.5 Å². The fourth-order valence-electron chi connectivity index (χ4n) is 1.57. The number of hydrogen-bond donors (Lipinski definition) is 0. The van der Waals surface area contributed by atoms with Crippen LogP contribution in [0.5, 0.6) is 0 Å². The Morgan fingerprint density at radius 3 is 2.79 bits per heavy atom. The summed E-state index contributed by atoms with van der Waals surface area (Å²) in [6.07, 6.45) is 1.42. The number of nitrogens with zero attached hydrogens (tertiary/aromatic N) is 1. The van der Waals surface area contributed by atoms with Gasteiger partial charge in [0, 0.05) is 5.56 Å². The third-order valence-electron chi connectivity index (χ3n) is 2.66. The third kappa shape index (κ3) is 2.40. The molecule has 0 aromatic heterocycles. The molecule has 1 heterocycles. The average Bonchev–Trinajstić information content (AvgIpc) is 2.74. The van der Waals surface area contributed by atoms with Crippen molar-refractivity contribution in [2.24, 2.45) is 4.99 Å². The van der Waals surface area contributed by atoms with Gasteiger partial charge in [-0.2, -0.15) is 0 Å². The second-order valence-electron chi connectivity index (χ2n) is 4.13. The summed E-state index contributed by atoms with van der Waals surface area (Å²) in [5.41, 5.74) is -1.01. The number of benzene rings is 1. The van der Waals surface area contributed by atoms with Crippen molar-refractivity contribution in [1.29, 1.82) is 0 Å². The summed E-state index contributed by atoms with van der Waals surface area (Å²) in [4.78, 5) is 27.7. The van der Waals surface area contributed by atoms with E-state index in [1.807, 2.05) is 6.07 Å². The number of hydrogen-bond acceptors (Lipinski definition) is 5. The van der Waals surface area contributed by atoms with Gasteiger partial charge in [-0.1, -0.05) is 30.9 Å². The summed E-state index contributed by atoms with van der Waals surface area (Å²) in [7, 11) is 0. The fraction of sp³-hybridized carbons (Fsp3) is 0.214. The summed E-state index contributed by atoms with van der Waals surface area (Å²) >= 11 is 0. The molecule has 1 aromatic carbocycles. The molecule has 1 aliphatic heterocycles. The lowest BCUT2D eigenvalue weighted by Gasteiger charge is -2.13. The molecule has 0 spiro atoms. The van der Waals surface area contributed by atoms with Crippen molar-refractivity contribution in [3.8, 4) is 0 Å². The van der Waals surface area contributed by atoms with Crippen LogP contribution in [0, 0.1) is 0 Å². The fourth-order valence-corrected chi connectivity index (χ4v) is 1.57. The van der Waals surface area contributed by atoms with Gasteiger partial charge in [0.15, 0.2) is 0 Å². The highest BCUT2D eigenvalue weighted by molar-refractivity contribution is 6.16. The molecule has 1 atom stereocenters. The molecule has 0 bridgehead atoms. The van der Waals surface area contributed by atoms with Crippen molar-refractivity contribution in [2.45, 2.75) is 12.5 Å². The van der Waals surface area contributed by atoms with Crippen molar-refractivity contribution in [2.75, 3.05) is 6.61 Å². The van der Waals surface area contributed by atoms with Crippen molar-refractivity contribution in [3.63, 3.8) is 0 Å². The van der Waals surface area contributed by atoms with E-state index in [0.29, 0.717) is 5.56 Å². The molecule has 98 valence electrons. The first-order valence-corrected chi connectivity index (χ1v) is 5.73. The molecule has 19 heavy (non-hydrogen) atoms. The van der Waals surface area contributed by atoms with Gasteiger partial charge in [-0.05, 0) is 19.1 Å². The van der Waals surface area contributed by atoms with E-state index in [1.54, 1.807) is 24.3 Å². The van der Waals surface area contributed by atoms with Crippen molar-refractivity contribution < 1.29 is 19.1 Å². The molecule has 5 nitrogen and oxygen atoms in total. The van der Waals surface area contributed by atoms with Crippen LogP contribution in [0.15, 0.2) is 48.0 Å². The molecule has 0 fully saturated rings. The lowest BCUT2D eigenvalue weighted by molar-refractivity contribution is -0.156. The van der Waals surface area contributed by atoms with Crippen LogP contribution in [0.25, 0.3) is 0 Å². The predicted molar refractivity (Wildman–Crippen MR) is 68.6 cm³/mol. The first-order chi connectivity index (χ1) is 9.08. The number of ether oxygens (including phenoxy) is 2. The maximum Gasteiger partial charge on any atom is 0.352 e. The summed E-state index contributed by atoms with van der Waals surface area (Å²) in [6.45, 7) is 4.83. The Balaban J connectivity index is 2.27. The Morgan fingerprint density at radius 2 is 2.16 bits per heavy atom. The standard InChI is InChI=1S/C14H13NO4/c1-3-9-18-12(16)14(2)13(17)19-11(15-14)10-7-5-4-6-8-10/h3-8H,1,9H2,2H3/t14-/m1/s1. The highest BCUT2D eigenvalue weighted by Crippen LogP contribution is 2.24. The van der Waals surface area contributed by atoms with E-state index >= 15 is 0 Å². The van der Waals surface area contributed by atoms with Crippen LogP contribution in [-0.2, 0) is 19.1 Å². The second kappa shape index (κ2) is 5.06. The van der Waals surface area contributed by atoms with Gasteiger partial charge < -0.3 is 9.47 Å². The highest BCUT2D eigenvalue weighted by atomic mass is 16.6. The molecule has 1 aromatic rings. The Labute approximate surface area is 110 Å².